The fraction of sp³-hybridized carbons (Fsp3) is 0.133. The number of hydrogen-bond donors (Lipinski definition) is 1. The zero-order valence-corrected chi connectivity index (χ0v) is 10.8. The highest BCUT2D eigenvalue weighted by molar-refractivity contribution is 5.84. The van der Waals surface area contributed by atoms with E-state index in [9.17, 15) is 4.79 Å². The third-order valence-electron chi connectivity index (χ3n) is 2.67. The zero-order valence-electron chi connectivity index (χ0n) is 10.8. The summed E-state index contributed by atoms with van der Waals surface area (Å²) in [5, 5.41) is 8.63. The Balaban J connectivity index is 2.48. The monoisotopic (exact) mass is 254 g/mol. The average Bonchev–Trinajstić information content (AvgIpc) is 2.36. The van der Waals surface area contributed by atoms with Crippen molar-refractivity contribution in [1.29, 1.82) is 0 Å². The van der Waals surface area contributed by atoms with Crippen molar-refractivity contribution in [1.82, 2.24) is 9.97 Å². The minimum absolute atomic E-state index is 0.403. The average molecular weight is 254 g/mol. The first-order valence-corrected chi connectivity index (χ1v) is 5.89. The number of carboxylic acids is 1. The van der Waals surface area contributed by atoms with Gasteiger partial charge < -0.3 is 5.11 Å². The first kappa shape index (κ1) is 13.0. The molecule has 2 rings (SSSR count). The third-order valence-corrected chi connectivity index (χ3v) is 2.67. The topological polar surface area (TPSA) is 63.1 Å². The lowest BCUT2D eigenvalue weighted by atomic mass is 10.1. The molecular weight excluding hydrogens is 240 g/mol. The van der Waals surface area contributed by atoms with Crippen molar-refractivity contribution in [3.63, 3.8) is 0 Å². The van der Waals surface area contributed by atoms with Crippen LogP contribution in [-0.2, 0) is 4.79 Å². The van der Waals surface area contributed by atoms with Crippen LogP contribution in [0.15, 0.2) is 36.4 Å². The molecular formula is C15H14N2O2. The number of nitrogens with zero attached hydrogens (tertiary/aromatic N) is 2. The molecule has 0 aliphatic heterocycles. The van der Waals surface area contributed by atoms with E-state index in [1.807, 2.05) is 44.2 Å². The van der Waals surface area contributed by atoms with Crippen molar-refractivity contribution >= 4 is 12.0 Å². The Hall–Kier alpha value is -2.49. The molecule has 0 aliphatic carbocycles. The first-order valence-electron chi connectivity index (χ1n) is 5.89. The molecule has 4 heteroatoms. The van der Waals surface area contributed by atoms with Crippen LogP contribution in [0, 0.1) is 13.8 Å². The van der Waals surface area contributed by atoms with Crippen LogP contribution in [0.1, 0.15) is 17.1 Å². The lowest BCUT2D eigenvalue weighted by Crippen LogP contribution is -1.96. The number of rotatable bonds is 3. The van der Waals surface area contributed by atoms with Crippen molar-refractivity contribution in [3.8, 4) is 11.3 Å². The maximum absolute atomic E-state index is 10.5. The Labute approximate surface area is 111 Å². The predicted molar refractivity (Wildman–Crippen MR) is 73.6 cm³/mol. The molecule has 0 spiro atoms. The van der Waals surface area contributed by atoms with Crippen molar-refractivity contribution in [3.05, 3.63) is 53.5 Å². The SMILES string of the molecule is Cc1cc(-c2ccccc2C)nc(/C=C/C(=O)O)n1. The third kappa shape index (κ3) is 3.25. The summed E-state index contributed by atoms with van der Waals surface area (Å²) in [6.07, 6.45) is 2.44. The van der Waals surface area contributed by atoms with Gasteiger partial charge in [0.1, 0.15) is 0 Å². The lowest BCUT2D eigenvalue weighted by molar-refractivity contribution is -0.131. The summed E-state index contributed by atoms with van der Waals surface area (Å²) in [6.45, 7) is 3.88. The number of aromatic nitrogens is 2. The van der Waals surface area contributed by atoms with Gasteiger partial charge in [-0.2, -0.15) is 0 Å². The number of hydrogen-bond acceptors (Lipinski definition) is 3. The quantitative estimate of drug-likeness (QED) is 0.855. The van der Waals surface area contributed by atoms with Gasteiger partial charge in [-0.15, -0.1) is 0 Å². The number of carbonyl (C=O) groups is 1. The van der Waals surface area contributed by atoms with E-state index in [0.29, 0.717) is 5.82 Å². The van der Waals surface area contributed by atoms with Crippen LogP contribution in [0.5, 0.6) is 0 Å². The standard InChI is InChI=1S/C15H14N2O2/c1-10-5-3-4-6-12(10)13-9-11(2)16-14(17-13)7-8-15(18)19/h3-9H,1-2H3,(H,18,19)/b8-7+. The van der Waals surface area contributed by atoms with Crippen LogP contribution in [0.25, 0.3) is 17.3 Å². The maximum Gasteiger partial charge on any atom is 0.328 e. The normalized spacial score (nSPS) is 10.8. The van der Waals surface area contributed by atoms with Crippen LogP contribution in [0.4, 0.5) is 0 Å². The maximum atomic E-state index is 10.5. The summed E-state index contributed by atoms with van der Waals surface area (Å²) in [5.41, 5.74) is 3.75. The molecule has 0 fully saturated rings. The molecule has 0 saturated heterocycles. The summed E-state index contributed by atoms with van der Waals surface area (Å²) in [4.78, 5) is 19.1. The molecule has 1 N–H and O–H groups in total. The van der Waals surface area contributed by atoms with Crippen molar-refractivity contribution in [2.75, 3.05) is 0 Å². The Morgan fingerprint density at radius 1 is 1.21 bits per heavy atom. The number of aliphatic carboxylic acids is 1. The predicted octanol–water partition coefficient (Wildman–Crippen LogP) is 2.86. The Kier molecular flexibility index (Phi) is 3.71. The van der Waals surface area contributed by atoms with Gasteiger partial charge in [-0.05, 0) is 31.6 Å². The summed E-state index contributed by atoms with van der Waals surface area (Å²) in [5.74, 6) is -0.608. The molecule has 1 heterocycles. The van der Waals surface area contributed by atoms with Gasteiger partial charge >= 0.3 is 5.97 Å². The highest BCUT2D eigenvalue weighted by atomic mass is 16.4. The van der Waals surface area contributed by atoms with E-state index in [4.69, 9.17) is 5.11 Å². The molecule has 4 nitrogen and oxygen atoms in total. The Morgan fingerprint density at radius 3 is 2.63 bits per heavy atom. The van der Waals surface area contributed by atoms with E-state index in [2.05, 4.69) is 9.97 Å². The number of benzene rings is 1. The molecule has 0 radical (unpaired) electrons. The fourth-order valence-electron chi connectivity index (χ4n) is 1.81. The highest BCUT2D eigenvalue weighted by Gasteiger charge is 2.05. The summed E-state index contributed by atoms with van der Waals surface area (Å²) in [7, 11) is 0. The molecule has 0 unspecified atom stereocenters. The largest absolute Gasteiger partial charge is 0.478 e. The van der Waals surface area contributed by atoms with Gasteiger partial charge in [0.15, 0.2) is 5.82 Å². The van der Waals surface area contributed by atoms with E-state index < -0.39 is 5.97 Å². The second kappa shape index (κ2) is 5.44. The molecule has 19 heavy (non-hydrogen) atoms. The first-order chi connectivity index (χ1) is 9.06. The second-order valence-electron chi connectivity index (χ2n) is 4.24. The van der Waals surface area contributed by atoms with Gasteiger partial charge in [-0.3, -0.25) is 0 Å². The van der Waals surface area contributed by atoms with Gasteiger partial charge in [0.2, 0.25) is 0 Å². The number of aryl methyl sites for hydroxylation is 2. The molecule has 1 aromatic carbocycles. The molecule has 1 aromatic heterocycles. The van der Waals surface area contributed by atoms with Gasteiger partial charge in [0, 0.05) is 17.3 Å². The second-order valence-corrected chi connectivity index (χ2v) is 4.24. The van der Waals surface area contributed by atoms with E-state index in [0.717, 1.165) is 28.6 Å². The highest BCUT2D eigenvalue weighted by Crippen LogP contribution is 2.21. The van der Waals surface area contributed by atoms with Gasteiger partial charge in [-0.1, -0.05) is 24.3 Å². The summed E-state index contributed by atoms with van der Waals surface area (Å²) < 4.78 is 0. The minimum Gasteiger partial charge on any atom is -0.478 e. The van der Waals surface area contributed by atoms with Crippen LogP contribution < -0.4 is 0 Å². The number of carboxylic acid groups (broad SMARTS) is 1. The molecule has 2 aromatic rings. The fourth-order valence-corrected chi connectivity index (χ4v) is 1.81. The van der Waals surface area contributed by atoms with Crippen LogP contribution in [0.2, 0.25) is 0 Å². The van der Waals surface area contributed by atoms with Gasteiger partial charge in [0.05, 0.1) is 5.69 Å². The van der Waals surface area contributed by atoms with E-state index in [1.54, 1.807) is 0 Å². The smallest absolute Gasteiger partial charge is 0.328 e. The zero-order chi connectivity index (χ0) is 13.8. The van der Waals surface area contributed by atoms with Crippen molar-refractivity contribution < 1.29 is 9.90 Å². The van der Waals surface area contributed by atoms with E-state index >= 15 is 0 Å². The minimum atomic E-state index is -1.01. The van der Waals surface area contributed by atoms with Crippen LogP contribution in [0.3, 0.4) is 0 Å². The van der Waals surface area contributed by atoms with Crippen molar-refractivity contribution in [2.45, 2.75) is 13.8 Å². The lowest BCUT2D eigenvalue weighted by Gasteiger charge is -2.06. The van der Waals surface area contributed by atoms with Gasteiger partial charge in [0.25, 0.3) is 0 Å². The van der Waals surface area contributed by atoms with Gasteiger partial charge in [-0.25, -0.2) is 14.8 Å². The molecule has 0 saturated carbocycles. The van der Waals surface area contributed by atoms with Crippen LogP contribution >= 0.6 is 0 Å². The van der Waals surface area contributed by atoms with Crippen molar-refractivity contribution in [2.24, 2.45) is 0 Å². The summed E-state index contributed by atoms with van der Waals surface area (Å²) in [6, 6.07) is 9.81. The molecule has 0 amide bonds. The molecule has 96 valence electrons. The van der Waals surface area contributed by atoms with Crippen LogP contribution in [-0.4, -0.2) is 21.0 Å². The summed E-state index contributed by atoms with van der Waals surface area (Å²) >= 11 is 0. The Bertz CT molecular complexity index is 648. The molecule has 0 aliphatic rings. The Morgan fingerprint density at radius 2 is 1.95 bits per heavy atom. The molecule has 0 atom stereocenters. The van der Waals surface area contributed by atoms with E-state index in [1.165, 1.54) is 6.08 Å². The van der Waals surface area contributed by atoms with E-state index in [-0.39, 0.29) is 0 Å². The molecule has 0 bridgehead atoms.